The second kappa shape index (κ2) is 16.5. The van der Waals surface area contributed by atoms with Crippen molar-refractivity contribution in [3.05, 3.63) is 17.0 Å². The van der Waals surface area contributed by atoms with E-state index in [1.54, 1.807) is 4.68 Å². The molecule has 1 rings (SSSR count). The summed E-state index contributed by atoms with van der Waals surface area (Å²) in [6.45, 7) is 6.90. The van der Waals surface area contributed by atoms with E-state index in [1.807, 2.05) is 20.9 Å². The van der Waals surface area contributed by atoms with E-state index in [9.17, 15) is 4.79 Å². The van der Waals surface area contributed by atoms with Gasteiger partial charge in [0.05, 0.1) is 11.3 Å². The van der Waals surface area contributed by atoms with Crippen LogP contribution in [0, 0.1) is 13.8 Å². The standard InChI is InChI=1S/C25H47N3O/c1-5-6-7-8-9-10-11-12-13-14-15-16-17-18-19-20-21-26-25(29)24-22(2)27-28(4)23(24)3/h5-21H2,1-4H3,(H,26,29). The minimum absolute atomic E-state index is 0.0223. The van der Waals surface area contributed by atoms with Crippen molar-refractivity contribution in [1.29, 1.82) is 0 Å². The average Bonchev–Trinajstić information content (AvgIpc) is 2.95. The molecule has 0 radical (unpaired) electrons. The van der Waals surface area contributed by atoms with Crippen molar-refractivity contribution >= 4 is 5.91 Å². The number of aromatic nitrogens is 2. The summed E-state index contributed by atoms with van der Waals surface area (Å²) in [6.07, 6.45) is 21.9. The van der Waals surface area contributed by atoms with Gasteiger partial charge in [0.25, 0.3) is 5.91 Å². The van der Waals surface area contributed by atoms with Crippen LogP contribution in [0.15, 0.2) is 0 Å². The van der Waals surface area contributed by atoms with E-state index < -0.39 is 0 Å². The van der Waals surface area contributed by atoms with Crippen LogP contribution in [0.4, 0.5) is 0 Å². The van der Waals surface area contributed by atoms with Crippen molar-refractivity contribution in [3.8, 4) is 0 Å². The lowest BCUT2D eigenvalue weighted by molar-refractivity contribution is 0.0951. The summed E-state index contributed by atoms with van der Waals surface area (Å²) in [5.41, 5.74) is 2.49. The molecule has 4 nitrogen and oxygen atoms in total. The normalized spacial score (nSPS) is 11.2. The van der Waals surface area contributed by atoms with Gasteiger partial charge in [-0.05, 0) is 20.3 Å². The predicted molar refractivity (Wildman–Crippen MR) is 125 cm³/mol. The lowest BCUT2D eigenvalue weighted by Crippen LogP contribution is -2.25. The SMILES string of the molecule is CCCCCCCCCCCCCCCCCCNC(=O)c1c(C)nn(C)c1C. The summed E-state index contributed by atoms with van der Waals surface area (Å²) in [5.74, 6) is 0.0223. The molecule has 0 bridgehead atoms. The molecule has 1 N–H and O–H groups in total. The second-order valence-electron chi connectivity index (χ2n) is 8.73. The van der Waals surface area contributed by atoms with Crippen molar-refractivity contribution in [2.24, 2.45) is 7.05 Å². The number of carbonyl (C=O) groups is 1. The number of rotatable bonds is 18. The molecule has 0 saturated carbocycles. The molecule has 0 fully saturated rings. The minimum Gasteiger partial charge on any atom is -0.352 e. The van der Waals surface area contributed by atoms with Gasteiger partial charge in [0, 0.05) is 19.3 Å². The third-order valence-corrected chi connectivity index (χ3v) is 6.05. The Balaban J connectivity index is 1.85. The summed E-state index contributed by atoms with van der Waals surface area (Å²) in [6, 6.07) is 0. The molecule has 29 heavy (non-hydrogen) atoms. The van der Waals surface area contributed by atoms with E-state index in [1.165, 1.54) is 96.3 Å². The highest BCUT2D eigenvalue weighted by Gasteiger charge is 2.16. The van der Waals surface area contributed by atoms with Crippen molar-refractivity contribution in [2.45, 2.75) is 124 Å². The molecular weight excluding hydrogens is 358 g/mol. The number of unbranched alkanes of at least 4 members (excludes halogenated alkanes) is 15. The molecule has 0 aliphatic heterocycles. The number of amides is 1. The van der Waals surface area contributed by atoms with E-state index in [0.29, 0.717) is 0 Å². The Hall–Kier alpha value is -1.32. The maximum Gasteiger partial charge on any atom is 0.255 e. The molecule has 0 aliphatic carbocycles. The molecule has 1 aromatic rings. The number of hydrogen-bond acceptors (Lipinski definition) is 2. The van der Waals surface area contributed by atoms with E-state index in [2.05, 4.69) is 17.3 Å². The maximum atomic E-state index is 12.3. The molecular formula is C25H47N3O. The lowest BCUT2D eigenvalue weighted by atomic mass is 10.0. The molecule has 4 heteroatoms. The number of nitrogens with zero attached hydrogens (tertiary/aromatic N) is 2. The van der Waals surface area contributed by atoms with Crippen LogP contribution in [0.25, 0.3) is 0 Å². The zero-order valence-corrected chi connectivity index (χ0v) is 19.8. The van der Waals surface area contributed by atoms with Crippen molar-refractivity contribution in [1.82, 2.24) is 15.1 Å². The molecule has 1 amide bonds. The summed E-state index contributed by atoms with van der Waals surface area (Å²) >= 11 is 0. The predicted octanol–water partition coefficient (Wildman–Crippen LogP) is 7.03. The molecule has 0 spiro atoms. The second-order valence-corrected chi connectivity index (χ2v) is 8.73. The van der Waals surface area contributed by atoms with Gasteiger partial charge in [-0.1, -0.05) is 103 Å². The first-order valence-electron chi connectivity index (χ1n) is 12.4. The van der Waals surface area contributed by atoms with Gasteiger partial charge in [-0.2, -0.15) is 5.10 Å². The quantitative estimate of drug-likeness (QED) is 0.266. The van der Waals surface area contributed by atoms with Gasteiger partial charge in [-0.25, -0.2) is 0 Å². The summed E-state index contributed by atoms with van der Waals surface area (Å²) < 4.78 is 1.78. The van der Waals surface area contributed by atoms with Crippen LogP contribution in [0.5, 0.6) is 0 Å². The van der Waals surface area contributed by atoms with Gasteiger partial charge in [-0.15, -0.1) is 0 Å². The highest BCUT2D eigenvalue weighted by molar-refractivity contribution is 5.96. The first kappa shape index (κ1) is 25.7. The first-order valence-corrected chi connectivity index (χ1v) is 12.4. The van der Waals surface area contributed by atoms with Crippen LogP contribution in [0.1, 0.15) is 131 Å². The fraction of sp³-hybridized carbons (Fsp3) is 0.840. The lowest BCUT2D eigenvalue weighted by Gasteiger charge is -2.06. The Morgan fingerprint density at radius 3 is 1.55 bits per heavy atom. The molecule has 0 aliphatic rings. The molecule has 0 aromatic carbocycles. The summed E-state index contributed by atoms with van der Waals surface area (Å²) in [4.78, 5) is 12.3. The van der Waals surface area contributed by atoms with Gasteiger partial charge < -0.3 is 5.32 Å². The Labute approximate surface area is 180 Å². The molecule has 0 unspecified atom stereocenters. The van der Waals surface area contributed by atoms with E-state index in [-0.39, 0.29) is 5.91 Å². The van der Waals surface area contributed by atoms with Crippen molar-refractivity contribution < 1.29 is 4.79 Å². The van der Waals surface area contributed by atoms with Crippen LogP contribution in [-0.4, -0.2) is 22.2 Å². The largest absolute Gasteiger partial charge is 0.352 e. The fourth-order valence-electron chi connectivity index (χ4n) is 4.07. The highest BCUT2D eigenvalue weighted by Crippen LogP contribution is 2.14. The van der Waals surface area contributed by atoms with Crippen LogP contribution in [-0.2, 0) is 7.05 Å². The van der Waals surface area contributed by atoms with Gasteiger partial charge >= 0.3 is 0 Å². The molecule has 168 valence electrons. The van der Waals surface area contributed by atoms with Crippen LogP contribution in [0.2, 0.25) is 0 Å². The fourth-order valence-corrected chi connectivity index (χ4v) is 4.07. The third-order valence-electron chi connectivity index (χ3n) is 6.05. The number of nitrogens with one attached hydrogen (secondary N) is 1. The third kappa shape index (κ3) is 11.4. The average molecular weight is 406 g/mol. The van der Waals surface area contributed by atoms with Crippen LogP contribution < -0.4 is 5.32 Å². The van der Waals surface area contributed by atoms with E-state index in [0.717, 1.165) is 29.9 Å². The Kier molecular flexibility index (Phi) is 14.6. The molecule has 1 heterocycles. The maximum absolute atomic E-state index is 12.3. The first-order chi connectivity index (χ1) is 14.1. The van der Waals surface area contributed by atoms with E-state index in [4.69, 9.17) is 0 Å². The Bertz CT molecular complexity index is 551. The highest BCUT2D eigenvalue weighted by atomic mass is 16.1. The van der Waals surface area contributed by atoms with Gasteiger partial charge in [-0.3, -0.25) is 9.48 Å². The van der Waals surface area contributed by atoms with Gasteiger partial charge in [0.1, 0.15) is 0 Å². The smallest absolute Gasteiger partial charge is 0.255 e. The summed E-state index contributed by atoms with van der Waals surface area (Å²) in [5, 5.41) is 7.37. The Morgan fingerprint density at radius 2 is 1.17 bits per heavy atom. The van der Waals surface area contributed by atoms with E-state index >= 15 is 0 Å². The Morgan fingerprint density at radius 1 is 0.759 bits per heavy atom. The molecule has 0 saturated heterocycles. The number of hydrogen-bond donors (Lipinski definition) is 1. The topological polar surface area (TPSA) is 46.9 Å². The number of aryl methyl sites for hydroxylation is 2. The van der Waals surface area contributed by atoms with Crippen molar-refractivity contribution in [2.75, 3.05) is 6.54 Å². The van der Waals surface area contributed by atoms with Gasteiger partial charge in [0.15, 0.2) is 0 Å². The van der Waals surface area contributed by atoms with Gasteiger partial charge in [0.2, 0.25) is 0 Å². The van der Waals surface area contributed by atoms with Crippen molar-refractivity contribution in [3.63, 3.8) is 0 Å². The zero-order valence-electron chi connectivity index (χ0n) is 19.8. The number of carbonyl (C=O) groups excluding carboxylic acids is 1. The van der Waals surface area contributed by atoms with Crippen LogP contribution >= 0.6 is 0 Å². The molecule has 0 atom stereocenters. The van der Waals surface area contributed by atoms with Crippen LogP contribution in [0.3, 0.4) is 0 Å². The monoisotopic (exact) mass is 405 g/mol. The molecule has 1 aromatic heterocycles. The minimum atomic E-state index is 0.0223. The zero-order chi connectivity index (χ0) is 21.3. The summed E-state index contributed by atoms with van der Waals surface area (Å²) in [7, 11) is 1.88.